The van der Waals surface area contributed by atoms with E-state index in [1.54, 1.807) is 24.4 Å². The third-order valence-electron chi connectivity index (χ3n) is 4.08. The summed E-state index contributed by atoms with van der Waals surface area (Å²) in [6, 6.07) is 5.29. The second-order valence-electron chi connectivity index (χ2n) is 5.54. The summed E-state index contributed by atoms with van der Waals surface area (Å²) in [5.41, 5.74) is 0.663. The minimum absolute atomic E-state index is 0.0629. The highest BCUT2D eigenvalue weighted by Gasteiger charge is 2.23. The van der Waals surface area contributed by atoms with Gasteiger partial charge in [-0.2, -0.15) is 0 Å². The fourth-order valence-corrected chi connectivity index (χ4v) is 3.69. The van der Waals surface area contributed by atoms with E-state index in [9.17, 15) is 19.7 Å². The molecule has 3 aromatic rings. The maximum absolute atomic E-state index is 13.0. The van der Waals surface area contributed by atoms with Gasteiger partial charge in [0, 0.05) is 23.1 Å². The highest BCUT2D eigenvalue weighted by atomic mass is 32.1. The molecule has 2 heterocycles. The van der Waals surface area contributed by atoms with Crippen LogP contribution < -0.4 is 5.56 Å². The molecular weight excluding hydrogens is 358 g/mol. The second kappa shape index (κ2) is 7.04. The minimum atomic E-state index is -0.776. The first-order chi connectivity index (χ1) is 12.5. The van der Waals surface area contributed by atoms with E-state index in [4.69, 9.17) is 4.74 Å². The van der Waals surface area contributed by atoms with Gasteiger partial charge in [0.05, 0.1) is 23.7 Å². The van der Waals surface area contributed by atoms with Gasteiger partial charge in [0.15, 0.2) is 0 Å². The van der Waals surface area contributed by atoms with Crippen molar-refractivity contribution in [2.24, 2.45) is 0 Å². The smallest absolute Gasteiger partial charge is 0.329 e. The molecule has 0 amide bonds. The number of rotatable bonds is 5. The van der Waals surface area contributed by atoms with Gasteiger partial charge >= 0.3 is 5.97 Å². The Bertz CT molecular complexity index is 1060. The third-order valence-corrected chi connectivity index (χ3v) is 4.97. The fourth-order valence-electron chi connectivity index (χ4n) is 2.78. The number of benzene rings is 1. The molecule has 0 spiro atoms. The van der Waals surface area contributed by atoms with Gasteiger partial charge in [-0.3, -0.25) is 19.5 Å². The van der Waals surface area contributed by atoms with Gasteiger partial charge in [-0.25, -0.2) is 9.78 Å². The Balaban J connectivity index is 2.22. The van der Waals surface area contributed by atoms with Crippen LogP contribution >= 0.6 is 11.3 Å². The van der Waals surface area contributed by atoms with E-state index in [1.807, 2.05) is 0 Å². The highest BCUT2D eigenvalue weighted by Crippen LogP contribution is 2.32. The standard InChI is InChI=1S/C17H15N3O5S/c1-3-13(17(22)25-2)19-9-18-15-14(16(19)21)12(8-26-15)10-5-4-6-11(7-10)20(23)24/h4-9,13H,3H2,1-2H3/t13-/m1/s1. The molecule has 1 aromatic carbocycles. The van der Waals surface area contributed by atoms with Crippen LogP contribution in [0.2, 0.25) is 0 Å². The molecule has 9 heteroatoms. The van der Waals surface area contributed by atoms with Crippen molar-refractivity contribution < 1.29 is 14.5 Å². The zero-order valence-electron chi connectivity index (χ0n) is 14.0. The number of nitro benzene ring substituents is 1. The zero-order chi connectivity index (χ0) is 18.8. The Kier molecular flexibility index (Phi) is 4.81. The first kappa shape index (κ1) is 17.7. The molecule has 0 fully saturated rings. The largest absolute Gasteiger partial charge is 0.467 e. The lowest BCUT2D eigenvalue weighted by Gasteiger charge is -2.15. The van der Waals surface area contributed by atoms with Crippen LogP contribution in [-0.4, -0.2) is 27.6 Å². The number of non-ortho nitro benzene ring substituents is 1. The number of esters is 1. The van der Waals surface area contributed by atoms with Crippen LogP contribution in [0.4, 0.5) is 5.69 Å². The van der Waals surface area contributed by atoms with Crippen molar-refractivity contribution in [1.29, 1.82) is 0 Å². The number of carbonyl (C=O) groups is 1. The van der Waals surface area contributed by atoms with E-state index < -0.39 is 16.9 Å². The Labute approximate surface area is 151 Å². The number of nitrogens with zero attached hydrogens (tertiary/aromatic N) is 3. The van der Waals surface area contributed by atoms with Crippen molar-refractivity contribution in [3.05, 3.63) is 56.4 Å². The van der Waals surface area contributed by atoms with Gasteiger partial charge in [0.2, 0.25) is 0 Å². The lowest BCUT2D eigenvalue weighted by Crippen LogP contribution is -2.30. The summed E-state index contributed by atoms with van der Waals surface area (Å²) in [5.74, 6) is -0.525. The molecule has 0 radical (unpaired) electrons. The van der Waals surface area contributed by atoms with Crippen molar-refractivity contribution in [3.63, 3.8) is 0 Å². The van der Waals surface area contributed by atoms with E-state index in [-0.39, 0.29) is 11.2 Å². The molecule has 3 rings (SSSR count). The summed E-state index contributed by atoms with van der Waals surface area (Å²) >= 11 is 1.27. The molecule has 2 aromatic heterocycles. The van der Waals surface area contributed by atoms with Crippen molar-refractivity contribution in [3.8, 4) is 11.1 Å². The third kappa shape index (κ3) is 2.97. The van der Waals surface area contributed by atoms with Crippen LogP contribution in [0.25, 0.3) is 21.3 Å². The van der Waals surface area contributed by atoms with Gasteiger partial charge in [-0.1, -0.05) is 19.1 Å². The number of hydrogen-bond acceptors (Lipinski definition) is 7. The molecule has 26 heavy (non-hydrogen) atoms. The van der Waals surface area contributed by atoms with E-state index in [1.165, 1.54) is 41.5 Å². The minimum Gasteiger partial charge on any atom is -0.467 e. The number of hydrogen-bond donors (Lipinski definition) is 0. The topological polar surface area (TPSA) is 104 Å². The van der Waals surface area contributed by atoms with E-state index in [0.29, 0.717) is 27.8 Å². The Hall–Kier alpha value is -3.07. The molecular formula is C17H15N3O5S. The van der Waals surface area contributed by atoms with Gasteiger partial charge in [0.1, 0.15) is 10.9 Å². The van der Waals surface area contributed by atoms with E-state index >= 15 is 0 Å². The Morgan fingerprint density at radius 2 is 2.23 bits per heavy atom. The molecule has 0 aliphatic carbocycles. The van der Waals surface area contributed by atoms with Crippen molar-refractivity contribution in [2.75, 3.05) is 7.11 Å². The van der Waals surface area contributed by atoms with Crippen LogP contribution in [0.1, 0.15) is 19.4 Å². The number of ether oxygens (including phenoxy) is 1. The van der Waals surface area contributed by atoms with Gasteiger partial charge in [-0.05, 0) is 12.0 Å². The monoisotopic (exact) mass is 373 g/mol. The molecule has 0 bridgehead atoms. The van der Waals surface area contributed by atoms with Crippen LogP contribution in [0.15, 0.2) is 40.8 Å². The molecule has 0 aliphatic heterocycles. The molecule has 8 nitrogen and oxygen atoms in total. The van der Waals surface area contributed by atoms with Crippen molar-refractivity contribution >= 4 is 33.2 Å². The number of nitro groups is 1. The van der Waals surface area contributed by atoms with Crippen LogP contribution in [0.5, 0.6) is 0 Å². The summed E-state index contributed by atoms with van der Waals surface area (Å²) in [5, 5.41) is 13.1. The number of methoxy groups -OCH3 is 1. The van der Waals surface area contributed by atoms with Crippen LogP contribution in [0.3, 0.4) is 0 Å². The summed E-state index contributed by atoms with van der Waals surface area (Å²) < 4.78 is 6.02. The van der Waals surface area contributed by atoms with E-state index in [2.05, 4.69) is 4.98 Å². The van der Waals surface area contributed by atoms with Crippen molar-refractivity contribution in [1.82, 2.24) is 9.55 Å². The molecule has 0 unspecified atom stereocenters. The summed E-state index contributed by atoms with van der Waals surface area (Å²) in [6.45, 7) is 1.77. The van der Waals surface area contributed by atoms with Gasteiger partial charge < -0.3 is 4.74 Å². The number of carbonyl (C=O) groups excluding carboxylic acids is 1. The van der Waals surface area contributed by atoms with E-state index in [0.717, 1.165) is 0 Å². The maximum Gasteiger partial charge on any atom is 0.329 e. The summed E-state index contributed by atoms with van der Waals surface area (Å²) in [4.78, 5) is 40.3. The van der Waals surface area contributed by atoms with Crippen LogP contribution in [0, 0.1) is 10.1 Å². The molecule has 0 saturated heterocycles. The molecule has 134 valence electrons. The normalized spacial score (nSPS) is 12.1. The van der Waals surface area contributed by atoms with Gasteiger partial charge in [0.25, 0.3) is 11.2 Å². The second-order valence-corrected chi connectivity index (χ2v) is 6.40. The fraction of sp³-hybridized carbons (Fsp3) is 0.235. The summed E-state index contributed by atoms with van der Waals surface area (Å²) in [7, 11) is 1.26. The Morgan fingerprint density at radius 3 is 2.88 bits per heavy atom. The molecule has 0 aliphatic rings. The van der Waals surface area contributed by atoms with Crippen LogP contribution in [-0.2, 0) is 9.53 Å². The summed E-state index contributed by atoms with van der Waals surface area (Å²) in [6.07, 6.45) is 1.71. The lowest BCUT2D eigenvalue weighted by molar-refractivity contribution is -0.384. The molecule has 0 N–H and O–H groups in total. The highest BCUT2D eigenvalue weighted by molar-refractivity contribution is 7.17. The maximum atomic E-state index is 13.0. The Morgan fingerprint density at radius 1 is 1.46 bits per heavy atom. The predicted molar refractivity (Wildman–Crippen MR) is 97.3 cm³/mol. The predicted octanol–water partition coefficient (Wildman–Crippen LogP) is 3.16. The van der Waals surface area contributed by atoms with Crippen molar-refractivity contribution in [2.45, 2.75) is 19.4 Å². The number of thiophene rings is 1. The average Bonchev–Trinajstić information content (AvgIpc) is 3.09. The molecule has 0 saturated carbocycles. The lowest BCUT2D eigenvalue weighted by atomic mass is 10.1. The SMILES string of the molecule is CC[C@H](C(=O)OC)n1cnc2scc(-c3cccc([N+](=O)[O-])c3)c2c1=O. The first-order valence-electron chi connectivity index (χ1n) is 7.79. The van der Waals surface area contributed by atoms with Gasteiger partial charge in [-0.15, -0.1) is 11.3 Å². The first-order valence-corrected chi connectivity index (χ1v) is 8.66. The number of aromatic nitrogens is 2. The zero-order valence-corrected chi connectivity index (χ0v) is 14.9. The average molecular weight is 373 g/mol. The number of fused-ring (bicyclic) bond motifs is 1. The quantitative estimate of drug-likeness (QED) is 0.386. The molecule has 1 atom stereocenters.